The van der Waals surface area contributed by atoms with Crippen LogP contribution in [0.4, 0.5) is 5.82 Å². The Kier molecular flexibility index (Phi) is 9.10. The third kappa shape index (κ3) is 6.36. The molecule has 2 saturated heterocycles. The fourth-order valence-corrected chi connectivity index (χ4v) is 7.85. The van der Waals surface area contributed by atoms with Crippen molar-refractivity contribution in [1.82, 2.24) is 34.3 Å². The van der Waals surface area contributed by atoms with Gasteiger partial charge in [-0.3, -0.25) is 14.5 Å². The Morgan fingerprint density at radius 1 is 1.07 bits per heavy atom. The van der Waals surface area contributed by atoms with Crippen molar-refractivity contribution in [2.45, 2.75) is 22.4 Å². The lowest BCUT2D eigenvalue weighted by Gasteiger charge is -2.28. The molecular formula is C29H32N8O7S2. The predicted molar refractivity (Wildman–Crippen MR) is 170 cm³/mol. The molecule has 0 radical (unpaired) electrons. The molecule has 2 unspecified atom stereocenters. The lowest BCUT2D eigenvalue weighted by atomic mass is 10.2. The predicted octanol–water partition coefficient (Wildman–Crippen LogP) is 1.66. The van der Waals surface area contributed by atoms with Crippen molar-refractivity contribution < 1.29 is 27.4 Å². The molecule has 1 amide bonds. The van der Waals surface area contributed by atoms with Crippen molar-refractivity contribution in [2.24, 2.45) is 4.99 Å². The van der Waals surface area contributed by atoms with Crippen LogP contribution in [-0.2, 0) is 19.6 Å². The zero-order chi connectivity index (χ0) is 32.4. The number of morpholine rings is 1. The number of hydrogen-bond acceptors (Lipinski definition) is 12. The first kappa shape index (κ1) is 31.7. The van der Waals surface area contributed by atoms with Crippen LogP contribution in [0.25, 0.3) is 5.78 Å². The van der Waals surface area contributed by atoms with Crippen molar-refractivity contribution >= 4 is 45.5 Å². The van der Waals surface area contributed by atoms with E-state index in [1.165, 1.54) is 24.9 Å². The number of H-pyrrole nitrogens is 1. The maximum absolute atomic E-state index is 14.2. The summed E-state index contributed by atoms with van der Waals surface area (Å²) in [6, 6.07) is 13.9. The highest BCUT2D eigenvalue weighted by Gasteiger charge is 2.45. The Labute approximate surface area is 268 Å². The number of ether oxygens (including phenoxy) is 3. The minimum absolute atomic E-state index is 0.0119. The van der Waals surface area contributed by atoms with Crippen LogP contribution in [0.1, 0.15) is 22.3 Å². The number of nitrogens with one attached hydrogen (secondary N) is 2. The van der Waals surface area contributed by atoms with Gasteiger partial charge in [0.25, 0.3) is 21.5 Å². The van der Waals surface area contributed by atoms with Gasteiger partial charge in [0.2, 0.25) is 5.78 Å². The lowest BCUT2D eigenvalue weighted by molar-refractivity contribution is -0.132. The van der Waals surface area contributed by atoms with Gasteiger partial charge in [-0.05, 0) is 54.4 Å². The molecule has 17 heteroatoms. The molecule has 6 rings (SSSR count). The maximum Gasteiger partial charge on any atom is 0.283 e. The highest BCUT2D eigenvalue weighted by atomic mass is 32.2. The molecule has 4 heterocycles. The molecule has 0 saturated carbocycles. The normalized spacial score (nSPS) is 19.4. The van der Waals surface area contributed by atoms with Gasteiger partial charge < -0.3 is 14.2 Å². The number of hydrazine groups is 1. The Morgan fingerprint density at radius 3 is 2.37 bits per heavy atom. The zero-order valence-electron chi connectivity index (χ0n) is 25.2. The van der Waals surface area contributed by atoms with E-state index in [4.69, 9.17) is 14.2 Å². The summed E-state index contributed by atoms with van der Waals surface area (Å²) in [6.07, 6.45) is 1.38. The fraction of sp³-hybridized carbons (Fsp3) is 0.345. The largest absolute Gasteiger partial charge is 0.497 e. The summed E-state index contributed by atoms with van der Waals surface area (Å²) in [5.41, 5.74) is 0.354. The number of rotatable bonds is 10. The zero-order valence-corrected chi connectivity index (χ0v) is 26.9. The third-order valence-electron chi connectivity index (χ3n) is 7.57. The van der Waals surface area contributed by atoms with Crippen molar-refractivity contribution in [2.75, 3.05) is 47.1 Å². The van der Waals surface area contributed by atoms with Gasteiger partial charge in [0.1, 0.15) is 27.9 Å². The van der Waals surface area contributed by atoms with Crippen LogP contribution in [0.3, 0.4) is 0 Å². The van der Waals surface area contributed by atoms with E-state index in [0.717, 1.165) is 9.41 Å². The number of sulfonamides is 1. The van der Waals surface area contributed by atoms with E-state index < -0.39 is 37.0 Å². The van der Waals surface area contributed by atoms with Gasteiger partial charge in [-0.15, -0.1) is 16.6 Å². The second-order valence-corrected chi connectivity index (χ2v) is 13.4. The molecule has 2 aliphatic rings. The first-order chi connectivity index (χ1) is 22.2. The highest BCUT2D eigenvalue weighted by molar-refractivity contribution is 8.01. The van der Waals surface area contributed by atoms with Crippen molar-refractivity contribution in [3.8, 4) is 11.5 Å². The fourth-order valence-electron chi connectivity index (χ4n) is 5.15. The van der Waals surface area contributed by atoms with Crippen LogP contribution in [0, 0.1) is 6.92 Å². The number of nitrogens with zero attached hydrogens (tertiary/aromatic N) is 6. The monoisotopic (exact) mass is 668 g/mol. The molecule has 0 aliphatic carbocycles. The maximum atomic E-state index is 14.2. The van der Waals surface area contributed by atoms with E-state index in [9.17, 15) is 18.0 Å². The number of aliphatic imine (C=N–C) groups is 1. The van der Waals surface area contributed by atoms with Crippen molar-refractivity contribution in [3.05, 3.63) is 75.8 Å². The molecule has 0 bridgehead atoms. The Hall–Kier alpha value is -4.29. The Morgan fingerprint density at radius 2 is 1.72 bits per heavy atom. The van der Waals surface area contributed by atoms with Gasteiger partial charge in [-0.2, -0.15) is 10.1 Å². The molecule has 2 N–H and O–H groups in total. The molecule has 2 aliphatic heterocycles. The lowest BCUT2D eigenvalue weighted by Crippen LogP contribution is -2.49. The molecule has 2 fully saturated rings. The summed E-state index contributed by atoms with van der Waals surface area (Å²) >= 11 is 1.32. The molecule has 2 aromatic carbocycles. The number of aromatic amines is 1. The first-order valence-electron chi connectivity index (χ1n) is 14.3. The highest BCUT2D eigenvalue weighted by Crippen LogP contribution is 2.43. The van der Waals surface area contributed by atoms with Gasteiger partial charge in [0, 0.05) is 25.8 Å². The summed E-state index contributed by atoms with van der Waals surface area (Å²) in [6.45, 7) is 4.36. The minimum Gasteiger partial charge on any atom is -0.497 e. The number of methoxy groups -OCH3 is 2. The summed E-state index contributed by atoms with van der Waals surface area (Å²) in [4.78, 5) is 40.1. The van der Waals surface area contributed by atoms with Gasteiger partial charge in [0.05, 0.1) is 27.4 Å². The molecule has 4 aromatic rings. The number of fused-ring (bicyclic) bond motifs is 1. The number of aryl methyl sites for hydroxylation is 1. The van der Waals surface area contributed by atoms with Crippen LogP contribution in [0.5, 0.6) is 11.5 Å². The van der Waals surface area contributed by atoms with E-state index in [-0.39, 0.29) is 17.4 Å². The van der Waals surface area contributed by atoms with Crippen LogP contribution >= 0.6 is 11.8 Å². The summed E-state index contributed by atoms with van der Waals surface area (Å²) in [5, 5.41) is 6.39. The van der Waals surface area contributed by atoms with E-state index in [1.54, 1.807) is 62.8 Å². The molecule has 46 heavy (non-hydrogen) atoms. The van der Waals surface area contributed by atoms with E-state index >= 15 is 0 Å². The first-order valence-corrected chi connectivity index (χ1v) is 16.7. The number of carbonyl (C=O) groups excluding carboxylic acids is 1. The SMILES string of the molecule is COc1ccc(/C=N/c2nc3[nH]nc(C)n3c(=O)c2S(=O)(=O)NN2C(=O)C(CN3CCOCC3)SC2c2ccc(OC)cc2)cc1. The second-order valence-electron chi connectivity index (χ2n) is 10.5. The van der Waals surface area contributed by atoms with Crippen LogP contribution in [0.15, 0.2) is 63.2 Å². The average molecular weight is 669 g/mol. The van der Waals surface area contributed by atoms with Gasteiger partial charge in [-0.25, -0.2) is 27.9 Å². The van der Waals surface area contributed by atoms with E-state index in [1.807, 2.05) is 0 Å². The van der Waals surface area contributed by atoms with Gasteiger partial charge in [0.15, 0.2) is 10.7 Å². The number of amides is 1. The quantitative estimate of drug-likeness (QED) is 0.236. The Bertz CT molecular complexity index is 1920. The van der Waals surface area contributed by atoms with Crippen molar-refractivity contribution in [1.29, 1.82) is 0 Å². The number of aromatic nitrogens is 4. The van der Waals surface area contributed by atoms with Gasteiger partial charge >= 0.3 is 0 Å². The Balaban J connectivity index is 1.39. The summed E-state index contributed by atoms with van der Waals surface area (Å²) < 4.78 is 45.3. The molecule has 2 aromatic heterocycles. The molecular weight excluding hydrogens is 637 g/mol. The van der Waals surface area contributed by atoms with E-state index in [0.29, 0.717) is 55.5 Å². The van der Waals surface area contributed by atoms with Crippen LogP contribution < -0.4 is 19.9 Å². The third-order valence-corrected chi connectivity index (χ3v) is 10.3. The van der Waals surface area contributed by atoms with Crippen molar-refractivity contribution in [3.63, 3.8) is 0 Å². The standard InChI is InChI=1S/C29H32N8O7S2/c1-18-32-33-29-31-25(30-16-19-4-8-21(42-2)9-5-19)24(27(39)36(18)29)46(40,41)34-37-26(38)23(17-35-12-14-44-15-13-35)45-28(37)20-6-10-22(43-3)11-7-20/h4-11,16,23,28,34H,12-15,17H2,1-3H3,(H,31,33)/b30-16+. The number of hydrogen-bond donors (Lipinski definition) is 2. The molecule has 2 atom stereocenters. The summed E-state index contributed by atoms with van der Waals surface area (Å²) in [7, 11) is -1.65. The average Bonchev–Trinajstić information content (AvgIpc) is 3.59. The second kappa shape index (κ2) is 13.2. The topological polar surface area (TPSA) is 173 Å². The molecule has 0 spiro atoms. The smallest absolute Gasteiger partial charge is 0.283 e. The summed E-state index contributed by atoms with van der Waals surface area (Å²) in [5.74, 6) is 0.626. The van der Waals surface area contributed by atoms with Crippen LogP contribution in [0.2, 0.25) is 0 Å². The van der Waals surface area contributed by atoms with E-state index in [2.05, 4.69) is 29.9 Å². The number of thioether (sulfide) groups is 1. The molecule has 15 nitrogen and oxygen atoms in total. The number of carbonyl (C=O) groups is 1. The van der Waals surface area contributed by atoms with Gasteiger partial charge in [-0.1, -0.05) is 12.1 Å². The number of benzene rings is 2. The minimum atomic E-state index is -4.74. The molecule has 242 valence electrons. The van der Waals surface area contributed by atoms with Crippen LogP contribution in [-0.4, -0.2) is 102 Å².